The second-order valence-corrected chi connectivity index (χ2v) is 3.50. The van der Waals surface area contributed by atoms with Gasteiger partial charge in [0.2, 0.25) is 0 Å². The molecule has 0 bridgehead atoms. The summed E-state index contributed by atoms with van der Waals surface area (Å²) in [4.78, 5) is 0. The maximum Gasteiger partial charge on any atom is 0.0703 e. The molecule has 1 saturated carbocycles. The molecule has 1 atom stereocenters. The Morgan fingerprint density at radius 1 is 1.55 bits per heavy atom. The van der Waals surface area contributed by atoms with Gasteiger partial charge in [0, 0.05) is 0 Å². The molecule has 1 heteroatoms. The molecule has 0 heterocycles. The highest BCUT2D eigenvalue weighted by Gasteiger charge is 2.24. The first-order chi connectivity index (χ1) is 5.25. The minimum Gasteiger partial charge on any atom is -0.198 e. The van der Waals surface area contributed by atoms with Crippen LogP contribution in [-0.2, 0) is 0 Å². The Hall–Kier alpha value is -0.770. The molecule has 1 aliphatic carbocycles. The first kappa shape index (κ1) is 8.33. The molecule has 0 N–H and O–H groups in total. The summed E-state index contributed by atoms with van der Waals surface area (Å²) >= 11 is 0. The van der Waals surface area contributed by atoms with Crippen molar-refractivity contribution in [1.82, 2.24) is 0 Å². The SMILES string of the molecule is C=C(C)C(C#N)C1CCCC1. The minimum absolute atomic E-state index is 0.123. The van der Waals surface area contributed by atoms with Crippen molar-refractivity contribution in [1.29, 1.82) is 5.26 Å². The number of hydrogen-bond acceptors (Lipinski definition) is 1. The van der Waals surface area contributed by atoms with Crippen LogP contribution in [0, 0.1) is 23.2 Å². The molecule has 0 amide bonds. The van der Waals surface area contributed by atoms with Gasteiger partial charge in [0.1, 0.15) is 0 Å². The summed E-state index contributed by atoms with van der Waals surface area (Å²) in [5, 5.41) is 8.85. The van der Waals surface area contributed by atoms with Gasteiger partial charge in [0.05, 0.1) is 12.0 Å². The van der Waals surface area contributed by atoms with Gasteiger partial charge in [0.15, 0.2) is 0 Å². The van der Waals surface area contributed by atoms with Crippen molar-refractivity contribution < 1.29 is 0 Å². The Morgan fingerprint density at radius 2 is 2.09 bits per heavy atom. The van der Waals surface area contributed by atoms with E-state index < -0.39 is 0 Å². The van der Waals surface area contributed by atoms with Gasteiger partial charge in [-0.05, 0) is 25.7 Å². The fourth-order valence-electron chi connectivity index (χ4n) is 1.91. The number of nitrogens with zero attached hydrogens (tertiary/aromatic N) is 1. The summed E-state index contributed by atoms with van der Waals surface area (Å²) in [6.45, 7) is 5.81. The zero-order valence-electron chi connectivity index (χ0n) is 7.14. The van der Waals surface area contributed by atoms with Crippen molar-refractivity contribution in [2.75, 3.05) is 0 Å². The average molecular weight is 149 g/mol. The molecule has 0 aliphatic heterocycles. The Kier molecular flexibility index (Phi) is 2.70. The van der Waals surface area contributed by atoms with E-state index in [9.17, 15) is 0 Å². The second kappa shape index (κ2) is 3.57. The molecule has 1 aliphatic rings. The van der Waals surface area contributed by atoms with E-state index in [1.54, 1.807) is 0 Å². The Bertz CT molecular complexity index is 182. The van der Waals surface area contributed by atoms with Crippen molar-refractivity contribution in [2.45, 2.75) is 32.6 Å². The highest BCUT2D eigenvalue weighted by molar-refractivity contribution is 5.10. The van der Waals surface area contributed by atoms with Gasteiger partial charge in [-0.3, -0.25) is 0 Å². The maximum absolute atomic E-state index is 8.85. The van der Waals surface area contributed by atoms with Crippen LogP contribution >= 0.6 is 0 Å². The Balaban J connectivity index is 2.55. The molecular formula is C10H15N. The van der Waals surface area contributed by atoms with E-state index in [0.717, 1.165) is 5.57 Å². The van der Waals surface area contributed by atoms with E-state index >= 15 is 0 Å². The lowest BCUT2D eigenvalue weighted by molar-refractivity contribution is 0.461. The fourth-order valence-corrected chi connectivity index (χ4v) is 1.91. The standard InChI is InChI=1S/C10H15N/c1-8(2)10(7-11)9-5-3-4-6-9/h9-10H,1,3-6H2,2H3. The maximum atomic E-state index is 8.85. The topological polar surface area (TPSA) is 23.8 Å². The van der Waals surface area contributed by atoms with Crippen LogP contribution in [0.2, 0.25) is 0 Å². The fraction of sp³-hybridized carbons (Fsp3) is 0.700. The largest absolute Gasteiger partial charge is 0.198 e. The molecule has 60 valence electrons. The van der Waals surface area contributed by atoms with E-state index in [1.165, 1.54) is 25.7 Å². The third-order valence-electron chi connectivity index (χ3n) is 2.54. The Labute approximate surface area is 68.7 Å². The van der Waals surface area contributed by atoms with Crippen LogP contribution < -0.4 is 0 Å². The summed E-state index contributed by atoms with van der Waals surface area (Å²) < 4.78 is 0. The summed E-state index contributed by atoms with van der Waals surface area (Å²) in [7, 11) is 0. The monoisotopic (exact) mass is 149 g/mol. The smallest absolute Gasteiger partial charge is 0.0703 e. The van der Waals surface area contributed by atoms with E-state index in [4.69, 9.17) is 5.26 Å². The predicted octanol–water partition coefficient (Wildman–Crippen LogP) is 2.89. The van der Waals surface area contributed by atoms with Crippen molar-refractivity contribution in [3.8, 4) is 6.07 Å². The highest BCUT2D eigenvalue weighted by Crippen LogP contribution is 2.33. The lowest BCUT2D eigenvalue weighted by atomic mass is 9.87. The first-order valence-electron chi connectivity index (χ1n) is 4.30. The summed E-state index contributed by atoms with van der Waals surface area (Å²) in [5.74, 6) is 0.731. The van der Waals surface area contributed by atoms with E-state index in [-0.39, 0.29) is 5.92 Å². The molecule has 0 aromatic heterocycles. The summed E-state index contributed by atoms with van der Waals surface area (Å²) in [6.07, 6.45) is 5.06. The lowest BCUT2D eigenvalue weighted by Gasteiger charge is -2.15. The van der Waals surface area contributed by atoms with Gasteiger partial charge in [0.25, 0.3) is 0 Å². The van der Waals surface area contributed by atoms with Crippen LogP contribution in [0.4, 0.5) is 0 Å². The van der Waals surface area contributed by atoms with E-state index in [2.05, 4.69) is 12.6 Å². The third-order valence-corrected chi connectivity index (χ3v) is 2.54. The normalized spacial score (nSPS) is 21.1. The molecule has 1 unspecified atom stereocenters. The van der Waals surface area contributed by atoms with Crippen molar-refractivity contribution in [2.24, 2.45) is 11.8 Å². The molecule has 0 aromatic rings. The van der Waals surface area contributed by atoms with Crippen LogP contribution in [0.15, 0.2) is 12.2 Å². The van der Waals surface area contributed by atoms with Crippen LogP contribution in [0.1, 0.15) is 32.6 Å². The third kappa shape index (κ3) is 1.83. The molecule has 0 aromatic carbocycles. The van der Waals surface area contributed by atoms with Crippen molar-refractivity contribution in [3.05, 3.63) is 12.2 Å². The van der Waals surface area contributed by atoms with Crippen LogP contribution in [0.5, 0.6) is 0 Å². The minimum atomic E-state index is 0.123. The number of allylic oxidation sites excluding steroid dienone is 1. The van der Waals surface area contributed by atoms with Crippen molar-refractivity contribution >= 4 is 0 Å². The Morgan fingerprint density at radius 3 is 2.45 bits per heavy atom. The van der Waals surface area contributed by atoms with Crippen LogP contribution in [0.25, 0.3) is 0 Å². The predicted molar refractivity (Wildman–Crippen MR) is 45.9 cm³/mol. The van der Waals surface area contributed by atoms with Crippen LogP contribution in [-0.4, -0.2) is 0 Å². The van der Waals surface area contributed by atoms with Crippen LogP contribution in [0.3, 0.4) is 0 Å². The number of nitriles is 1. The number of hydrogen-bond donors (Lipinski definition) is 0. The second-order valence-electron chi connectivity index (χ2n) is 3.50. The molecule has 1 rings (SSSR count). The molecular weight excluding hydrogens is 134 g/mol. The molecule has 1 nitrogen and oxygen atoms in total. The zero-order chi connectivity index (χ0) is 8.27. The summed E-state index contributed by atoms with van der Waals surface area (Å²) in [6, 6.07) is 2.34. The van der Waals surface area contributed by atoms with Gasteiger partial charge >= 0.3 is 0 Å². The van der Waals surface area contributed by atoms with Crippen molar-refractivity contribution in [3.63, 3.8) is 0 Å². The quantitative estimate of drug-likeness (QED) is 0.554. The number of rotatable bonds is 2. The lowest BCUT2D eigenvalue weighted by Crippen LogP contribution is -2.09. The summed E-state index contributed by atoms with van der Waals surface area (Å²) in [5.41, 5.74) is 1.04. The highest BCUT2D eigenvalue weighted by atomic mass is 14.3. The molecule has 0 radical (unpaired) electrons. The van der Waals surface area contributed by atoms with Gasteiger partial charge in [-0.2, -0.15) is 5.26 Å². The van der Waals surface area contributed by atoms with E-state index in [0.29, 0.717) is 5.92 Å². The average Bonchev–Trinajstić information content (AvgIpc) is 2.40. The first-order valence-corrected chi connectivity index (χ1v) is 4.30. The van der Waals surface area contributed by atoms with Gasteiger partial charge in [-0.15, -0.1) is 0 Å². The molecule has 11 heavy (non-hydrogen) atoms. The van der Waals surface area contributed by atoms with E-state index in [1.807, 2.05) is 6.92 Å². The molecule has 0 saturated heterocycles. The zero-order valence-corrected chi connectivity index (χ0v) is 7.14. The molecule has 0 spiro atoms. The van der Waals surface area contributed by atoms with Gasteiger partial charge < -0.3 is 0 Å². The van der Waals surface area contributed by atoms with Gasteiger partial charge in [-0.1, -0.05) is 25.0 Å². The van der Waals surface area contributed by atoms with Gasteiger partial charge in [-0.25, -0.2) is 0 Å². The molecule has 1 fully saturated rings.